The second-order valence-corrected chi connectivity index (χ2v) is 8.82. The molecule has 0 saturated carbocycles. The standard InChI is InChI=1S/C25H24FN3O3S/c1-4-32-22-11-16(5-6-19(22)25(30)31)21-12-23(29-13-28-21)27-10-9-17-15(3)33-24-14(2)20(26)8-7-18(17)24/h5-8,11-13H,4,9-10H2,1-3H3,(H,30,31)(H,27,28,29). The van der Waals surface area contributed by atoms with Crippen molar-refractivity contribution in [2.24, 2.45) is 0 Å². The fourth-order valence-corrected chi connectivity index (χ4v) is 5.01. The Morgan fingerprint density at radius 1 is 1.18 bits per heavy atom. The van der Waals surface area contributed by atoms with E-state index < -0.39 is 5.97 Å². The number of nitrogens with zero attached hydrogens (tertiary/aromatic N) is 2. The molecule has 4 rings (SSSR count). The molecule has 2 heterocycles. The van der Waals surface area contributed by atoms with Gasteiger partial charge in [0, 0.05) is 33.3 Å². The summed E-state index contributed by atoms with van der Waals surface area (Å²) in [6.45, 7) is 6.71. The zero-order chi connectivity index (χ0) is 23.5. The highest BCUT2D eigenvalue weighted by Gasteiger charge is 2.15. The fourth-order valence-electron chi connectivity index (χ4n) is 3.81. The molecule has 170 valence electrons. The topological polar surface area (TPSA) is 84.3 Å². The van der Waals surface area contributed by atoms with Gasteiger partial charge in [-0.25, -0.2) is 19.2 Å². The van der Waals surface area contributed by atoms with Gasteiger partial charge in [0.2, 0.25) is 0 Å². The molecular formula is C25H24FN3O3S. The predicted octanol–water partition coefficient (Wildman–Crippen LogP) is 5.87. The van der Waals surface area contributed by atoms with Crippen LogP contribution in [0.15, 0.2) is 42.7 Å². The molecule has 2 aromatic carbocycles. The smallest absolute Gasteiger partial charge is 0.339 e. The highest BCUT2D eigenvalue weighted by atomic mass is 32.1. The molecule has 2 aromatic heterocycles. The molecule has 0 saturated heterocycles. The fraction of sp³-hybridized carbons (Fsp3) is 0.240. The number of fused-ring (bicyclic) bond motifs is 1. The maximum Gasteiger partial charge on any atom is 0.339 e. The lowest BCUT2D eigenvalue weighted by molar-refractivity contribution is 0.0692. The number of ether oxygens (including phenoxy) is 1. The lowest BCUT2D eigenvalue weighted by atomic mass is 10.1. The normalized spacial score (nSPS) is 11.0. The van der Waals surface area contributed by atoms with Crippen LogP contribution in [-0.2, 0) is 6.42 Å². The van der Waals surface area contributed by atoms with Gasteiger partial charge in [-0.1, -0.05) is 12.1 Å². The number of nitrogens with one attached hydrogen (secondary N) is 1. The van der Waals surface area contributed by atoms with Crippen LogP contribution in [0, 0.1) is 19.7 Å². The zero-order valence-corrected chi connectivity index (χ0v) is 19.4. The summed E-state index contributed by atoms with van der Waals surface area (Å²) in [4.78, 5) is 21.2. The summed E-state index contributed by atoms with van der Waals surface area (Å²) < 4.78 is 20.4. The van der Waals surface area contributed by atoms with E-state index in [0.717, 1.165) is 22.1 Å². The molecule has 0 aliphatic heterocycles. The van der Waals surface area contributed by atoms with Crippen molar-refractivity contribution in [3.63, 3.8) is 0 Å². The monoisotopic (exact) mass is 465 g/mol. The highest BCUT2D eigenvalue weighted by Crippen LogP contribution is 2.34. The Morgan fingerprint density at radius 2 is 2.00 bits per heavy atom. The van der Waals surface area contributed by atoms with E-state index in [1.807, 2.05) is 19.1 Å². The molecule has 0 aliphatic rings. The van der Waals surface area contributed by atoms with Gasteiger partial charge in [-0.2, -0.15) is 0 Å². The molecule has 0 fully saturated rings. The quantitative estimate of drug-likeness (QED) is 0.339. The lowest BCUT2D eigenvalue weighted by Crippen LogP contribution is -2.07. The minimum atomic E-state index is -1.04. The van der Waals surface area contributed by atoms with Crippen LogP contribution in [0.1, 0.15) is 33.3 Å². The van der Waals surface area contributed by atoms with Crippen LogP contribution in [-0.4, -0.2) is 34.2 Å². The van der Waals surface area contributed by atoms with Crippen molar-refractivity contribution in [1.29, 1.82) is 0 Å². The SMILES string of the molecule is CCOc1cc(-c2cc(NCCc3c(C)sc4c(C)c(F)ccc34)ncn2)ccc1C(=O)O. The average Bonchev–Trinajstić information content (AvgIpc) is 3.12. The van der Waals surface area contributed by atoms with E-state index in [9.17, 15) is 14.3 Å². The molecule has 0 atom stereocenters. The minimum Gasteiger partial charge on any atom is -0.493 e. The van der Waals surface area contributed by atoms with Crippen molar-refractivity contribution < 1.29 is 19.0 Å². The van der Waals surface area contributed by atoms with Crippen LogP contribution in [0.2, 0.25) is 0 Å². The Labute approximate surface area is 195 Å². The molecule has 0 bridgehead atoms. The van der Waals surface area contributed by atoms with Gasteiger partial charge in [0.25, 0.3) is 0 Å². The van der Waals surface area contributed by atoms with Gasteiger partial charge >= 0.3 is 5.97 Å². The molecule has 0 aliphatic carbocycles. The first kappa shape index (κ1) is 22.7. The largest absolute Gasteiger partial charge is 0.493 e. The molecule has 0 radical (unpaired) electrons. The summed E-state index contributed by atoms with van der Waals surface area (Å²) in [7, 11) is 0. The van der Waals surface area contributed by atoms with Crippen LogP contribution < -0.4 is 10.1 Å². The van der Waals surface area contributed by atoms with E-state index in [4.69, 9.17) is 4.74 Å². The van der Waals surface area contributed by atoms with Crippen molar-refractivity contribution >= 4 is 33.2 Å². The molecule has 0 unspecified atom stereocenters. The van der Waals surface area contributed by atoms with Crippen molar-refractivity contribution in [2.75, 3.05) is 18.5 Å². The van der Waals surface area contributed by atoms with Crippen LogP contribution in [0.4, 0.5) is 10.2 Å². The molecule has 0 spiro atoms. The van der Waals surface area contributed by atoms with Gasteiger partial charge in [-0.05, 0) is 56.3 Å². The zero-order valence-electron chi connectivity index (χ0n) is 18.6. The van der Waals surface area contributed by atoms with Crippen LogP contribution in [0.5, 0.6) is 5.75 Å². The summed E-state index contributed by atoms with van der Waals surface area (Å²) >= 11 is 1.63. The Kier molecular flexibility index (Phi) is 6.55. The number of thiophene rings is 1. The molecule has 33 heavy (non-hydrogen) atoms. The Bertz CT molecular complexity index is 1340. The van der Waals surface area contributed by atoms with E-state index in [0.29, 0.717) is 36.0 Å². The van der Waals surface area contributed by atoms with Gasteiger partial charge in [0.1, 0.15) is 29.3 Å². The third-order valence-corrected chi connectivity index (χ3v) is 6.78. The first-order chi connectivity index (χ1) is 15.9. The van der Waals surface area contributed by atoms with Gasteiger partial charge in [0.05, 0.1) is 12.3 Å². The maximum absolute atomic E-state index is 13.9. The number of aryl methyl sites for hydroxylation is 2. The van der Waals surface area contributed by atoms with Crippen LogP contribution in [0.25, 0.3) is 21.3 Å². The van der Waals surface area contributed by atoms with Gasteiger partial charge in [-0.15, -0.1) is 11.3 Å². The lowest BCUT2D eigenvalue weighted by Gasteiger charge is -2.11. The second kappa shape index (κ2) is 9.54. The minimum absolute atomic E-state index is 0.112. The number of aromatic nitrogens is 2. The summed E-state index contributed by atoms with van der Waals surface area (Å²) in [6.07, 6.45) is 2.25. The van der Waals surface area contributed by atoms with Gasteiger partial charge < -0.3 is 15.2 Å². The number of hydrogen-bond acceptors (Lipinski definition) is 6. The number of aromatic carboxylic acids is 1. The summed E-state index contributed by atoms with van der Waals surface area (Å²) in [6, 6.07) is 10.1. The molecule has 2 N–H and O–H groups in total. The number of anilines is 1. The second-order valence-electron chi connectivity index (χ2n) is 7.60. The number of carbonyl (C=O) groups is 1. The average molecular weight is 466 g/mol. The van der Waals surface area contributed by atoms with Crippen molar-refractivity contribution in [3.05, 3.63) is 70.1 Å². The Balaban J connectivity index is 1.51. The van der Waals surface area contributed by atoms with E-state index >= 15 is 0 Å². The molecule has 8 heteroatoms. The summed E-state index contributed by atoms with van der Waals surface area (Å²) in [5.74, 6) is -0.239. The third-order valence-electron chi connectivity index (χ3n) is 5.50. The number of hydrogen-bond donors (Lipinski definition) is 2. The van der Waals surface area contributed by atoms with Crippen LogP contribution in [0.3, 0.4) is 0 Å². The van der Waals surface area contributed by atoms with Crippen molar-refractivity contribution in [3.8, 4) is 17.0 Å². The molecule has 0 amide bonds. The number of benzene rings is 2. The van der Waals surface area contributed by atoms with Crippen molar-refractivity contribution in [2.45, 2.75) is 27.2 Å². The van der Waals surface area contributed by atoms with Gasteiger partial charge in [0.15, 0.2) is 0 Å². The number of halogens is 1. The first-order valence-electron chi connectivity index (χ1n) is 10.6. The van der Waals surface area contributed by atoms with Gasteiger partial charge in [-0.3, -0.25) is 0 Å². The number of carboxylic acids is 1. The number of carboxylic acid groups (broad SMARTS) is 1. The van der Waals surface area contributed by atoms with E-state index in [1.54, 1.807) is 30.4 Å². The first-order valence-corrected chi connectivity index (χ1v) is 11.4. The Morgan fingerprint density at radius 3 is 2.76 bits per heavy atom. The molecule has 4 aromatic rings. The summed E-state index contributed by atoms with van der Waals surface area (Å²) in [5, 5.41) is 13.8. The third kappa shape index (κ3) is 4.66. The molecule has 6 nitrogen and oxygen atoms in total. The Hall–Kier alpha value is -3.52. The van der Waals surface area contributed by atoms with E-state index in [2.05, 4.69) is 22.2 Å². The highest BCUT2D eigenvalue weighted by molar-refractivity contribution is 7.19. The van der Waals surface area contributed by atoms with Crippen LogP contribution >= 0.6 is 11.3 Å². The van der Waals surface area contributed by atoms with E-state index in [-0.39, 0.29) is 11.4 Å². The molecular weight excluding hydrogens is 441 g/mol. The maximum atomic E-state index is 13.9. The summed E-state index contributed by atoms with van der Waals surface area (Å²) in [5.41, 5.74) is 3.42. The predicted molar refractivity (Wildman–Crippen MR) is 129 cm³/mol. The van der Waals surface area contributed by atoms with Crippen molar-refractivity contribution in [1.82, 2.24) is 9.97 Å². The van der Waals surface area contributed by atoms with E-state index in [1.165, 1.54) is 28.9 Å². The number of rotatable bonds is 8.